The van der Waals surface area contributed by atoms with E-state index in [1.54, 1.807) is 0 Å². The molecule has 4 N–H and O–H groups in total. The van der Waals surface area contributed by atoms with Gasteiger partial charge in [-0.3, -0.25) is 5.10 Å². The minimum Gasteiger partial charge on any atom is -0.330 e. The summed E-state index contributed by atoms with van der Waals surface area (Å²) in [6, 6.07) is 0.502. The third-order valence-corrected chi connectivity index (χ3v) is 2.75. The lowest BCUT2D eigenvalue weighted by molar-refractivity contribution is 0.522. The average Bonchev–Trinajstić information content (AvgIpc) is 2.49. The molecule has 0 aliphatic carbocycles. The van der Waals surface area contributed by atoms with Crippen molar-refractivity contribution in [1.29, 1.82) is 0 Å². The van der Waals surface area contributed by atoms with Crippen LogP contribution in [0.1, 0.15) is 30.3 Å². The molecule has 4 nitrogen and oxygen atoms in total. The number of nitrogens with zero attached hydrogens (tertiary/aromatic N) is 1. The van der Waals surface area contributed by atoms with Gasteiger partial charge in [0.2, 0.25) is 0 Å². The lowest BCUT2D eigenvalue weighted by Crippen LogP contribution is -2.30. The highest BCUT2D eigenvalue weighted by Gasteiger charge is 2.06. The highest BCUT2D eigenvalue weighted by molar-refractivity contribution is 5.23. The molecule has 1 aromatic rings. The van der Waals surface area contributed by atoms with Crippen molar-refractivity contribution in [3.63, 3.8) is 0 Å². The van der Waals surface area contributed by atoms with Gasteiger partial charge in [0.25, 0.3) is 0 Å². The van der Waals surface area contributed by atoms with Crippen molar-refractivity contribution >= 4 is 0 Å². The fraction of sp³-hybridized carbons (Fsp3) is 0.727. The summed E-state index contributed by atoms with van der Waals surface area (Å²) < 4.78 is 0. The van der Waals surface area contributed by atoms with Crippen molar-refractivity contribution in [3.8, 4) is 0 Å². The highest BCUT2D eigenvalue weighted by atomic mass is 15.1. The van der Waals surface area contributed by atoms with Crippen LogP contribution in [0.5, 0.6) is 0 Å². The predicted molar refractivity (Wildman–Crippen MR) is 62.9 cm³/mol. The summed E-state index contributed by atoms with van der Waals surface area (Å²) in [5.74, 6) is 0. The fourth-order valence-electron chi connectivity index (χ4n) is 1.74. The minimum atomic E-state index is 0.502. The van der Waals surface area contributed by atoms with Crippen LogP contribution < -0.4 is 11.1 Å². The SMILES string of the molecule is Cc1n[nH]c(C)c1CCNC(C)CCN. The molecule has 0 fully saturated rings. The number of rotatable bonds is 6. The number of aromatic amines is 1. The quantitative estimate of drug-likeness (QED) is 0.653. The minimum absolute atomic E-state index is 0.502. The van der Waals surface area contributed by atoms with E-state index in [2.05, 4.69) is 29.4 Å². The lowest BCUT2D eigenvalue weighted by Gasteiger charge is -2.12. The number of aryl methyl sites for hydroxylation is 2. The Kier molecular flexibility index (Phi) is 4.78. The van der Waals surface area contributed by atoms with Crippen molar-refractivity contribution in [2.75, 3.05) is 13.1 Å². The van der Waals surface area contributed by atoms with Crippen molar-refractivity contribution in [2.24, 2.45) is 5.73 Å². The van der Waals surface area contributed by atoms with Crippen LogP contribution in [0.3, 0.4) is 0 Å². The number of hydrogen-bond donors (Lipinski definition) is 3. The van der Waals surface area contributed by atoms with Gasteiger partial charge in [0.15, 0.2) is 0 Å². The molecule has 0 spiro atoms. The molecule has 4 heteroatoms. The van der Waals surface area contributed by atoms with Gasteiger partial charge < -0.3 is 11.1 Å². The first-order chi connectivity index (χ1) is 7.15. The summed E-state index contributed by atoms with van der Waals surface area (Å²) in [6.07, 6.45) is 2.06. The molecule has 1 heterocycles. The van der Waals surface area contributed by atoms with Crippen molar-refractivity contribution in [2.45, 2.75) is 39.7 Å². The van der Waals surface area contributed by atoms with Crippen LogP contribution in [-0.2, 0) is 6.42 Å². The second-order valence-electron chi connectivity index (χ2n) is 4.10. The standard InChI is InChI=1S/C11H22N4/c1-8(4-6-12)13-7-5-11-9(2)14-15-10(11)3/h8,13H,4-7,12H2,1-3H3,(H,14,15). The molecule has 1 aromatic heterocycles. The molecular formula is C11H22N4. The van der Waals surface area contributed by atoms with Crippen LogP contribution >= 0.6 is 0 Å². The summed E-state index contributed by atoms with van der Waals surface area (Å²) in [6.45, 7) is 8.02. The zero-order chi connectivity index (χ0) is 11.3. The normalized spacial score (nSPS) is 13.1. The van der Waals surface area contributed by atoms with E-state index in [-0.39, 0.29) is 0 Å². The maximum atomic E-state index is 5.49. The molecule has 1 rings (SSSR count). The van der Waals surface area contributed by atoms with E-state index in [9.17, 15) is 0 Å². The van der Waals surface area contributed by atoms with Crippen LogP contribution in [0.4, 0.5) is 0 Å². The molecule has 0 saturated heterocycles. The monoisotopic (exact) mass is 210 g/mol. The Morgan fingerprint density at radius 2 is 2.20 bits per heavy atom. The van der Waals surface area contributed by atoms with Gasteiger partial charge >= 0.3 is 0 Å². The lowest BCUT2D eigenvalue weighted by atomic mass is 10.1. The molecule has 15 heavy (non-hydrogen) atoms. The molecular weight excluding hydrogens is 188 g/mol. The van der Waals surface area contributed by atoms with Gasteiger partial charge in [0.1, 0.15) is 0 Å². The van der Waals surface area contributed by atoms with Crippen molar-refractivity contribution in [1.82, 2.24) is 15.5 Å². The molecule has 0 aromatic carbocycles. The Labute approximate surface area is 91.6 Å². The Morgan fingerprint density at radius 1 is 1.47 bits per heavy atom. The molecule has 0 bridgehead atoms. The third kappa shape index (κ3) is 3.64. The van der Waals surface area contributed by atoms with E-state index >= 15 is 0 Å². The molecule has 0 saturated carbocycles. The predicted octanol–water partition coefficient (Wildman–Crippen LogP) is 0.896. The number of nitrogens with one attached hydrogen (secondary N) is 2. The topological polar surface area (TPSA) is 66.7 Å². The first-order valence-corrected chi connectivity index (χ1v) is 5.59. The van der Waals surface area contributed by atoms with Gasteiger partial charge in [-0.2, -0.15) is 5.10 Å². The molecule has 0 amide bonds. The summed E-state index contributed by atoms with van der Waals surface area (Å²) in [5.41, 5.74) is 9.12. The van der Waals surface area contributed by atoms with Crippen LogP contribution in [0, 0.1) is 13.8 Å². The van der Waals surface area contributed by atoms with Gasteiger partial charge in [-0.15, -0.1) is 0 Å². The molecule has 0 radical (unpaired) electrons. The molecule has 86 valence electrons. The first-order valence-electron chi connectivity index (χ1n) is 5.59. The summed E-state index contributed by atoms with van der Waals surface area (Å²) >= 11 is 0. The van der Waals surface area contributed by atoms with Crippen molar-refractivity contribution in [3.05, 3.63) is 17.0 Å². The first kappa shape index (κ1) is 12.2. The maximum Gasteiger partial charge on any atom is 0.0626 e. The van der Waals surface area contributed by atoms with Gasteiger partial charge in [-0.05, 0) is 52.3 Å². The number of hydrogen-bond acceptors (Lipinski definition) is 3. The number of aromatic nitrogens is 2. The van der Waals surface area contributed by atoms with Gasteiger partial charge in [-0.1, -0.05) is 0 Å². The average molecular weight is 210 g/mol. The molecule has 0 aliphatic rings. The van der Waals surface area contributed by atoms with Crippen LogP contribution in [0.25, 0.3) is 0 Å². The van der Waals surface area contributed by atoms with Crippen molar-refractivity contribution < 1.29 is 0 Å². The van der Waals surface area contributed by atoms with Gasteiger partial charge in [-0.25, -0.2) is 0 Å². The van der Waals surface area contributed by atoms with E-state index in [4.69, 9.17) is 5.73 Å². The second-order valence-corrected chi connectivity index (χ2v) is 4.10. The Morgan fingerprint density at radius 3 is 2.73 bits per heavy atom. The molecule has 1 atom stereocenters. The van der Waals surface area contributed by atoms with E-state index in [1.165, 1.54) is 11.3 Å². The van der Waals surface area contributed by atoms with E-state index in [1.807, 2.05) is 6.92 Å². The largest absolute Gasteiger partial charge is 0.330 e. The molecule has 0 aliphatic heterocycles. The van der Waals surface area contributed by atoms with Gasteiger partial charge in [0.05, 0.1) is 5.69 Å². The third-order valence-electron chi connectivity index (χ3n) is 2.75. The zero-order valence-corrected chi connectivity index (χ0v) is 9.93. The Hall–Kier alpha value is -0.870. The Bertz CT molecular complexity index is 273. The number of H-pyrrole nitrogens is 1. The fourth-order valence-corrected chi connectivity index (χ4v) is 1.74. The zero-order valence-electron chi connectivity index (χ0n) is 9.93. The van der Waals surface area contributed by atoms with E-state index < -0.39 is 0 Å². The summed E-state index contributed by atoms with van der Waals surface area (Å²) in [5, 5.41) is 10.6. The van der Waals surface area contributed by atoms with E-state index in [0.29, 0.717) is 6.04 Å². The van der Waals surface area contributed by atoms with Gasteiger partial charge in [0, 0.05) is 11.7 Å². The van der Waals surface area contributed by atoms with E-state index in [0.717, 1.165) is 31.6 Å². The second kappa shape index (κ2) is 5.88. The van der Waals surface area contributed by atoms with Crippen LogP contribution in [0.15, 0.2) is 0 Å². The highest BCUT2D eigenvalue weighted by Crippen LogP contribution is 2.09. The summed E-state index contributed by atoms with van der Waals surface area (Å²) in [7, 11) is 0. The maximum absolute atomic E-state index is 5.49. The number of nitrogens with two attached hydrogens (primary N) is 1. The summed E-state index contributed by atoms with van der Waals surface area (Å²) in [4.78, 5) is 0. The molecule has 1 unspecified atom stereocenters. The van der Waals surface area contributed by atoms with Crippen LogP contribution in [0.2, 0.25) is 0 Å². The van der Waals surface area contributed by atoms with Crippen LogP contribution in [-0.4, -0.2) is 29.3 Å². The smallest absolute Gasteiger partial charge is 0.0626 e. The Balaban J connectivity index is 2.31.